The van der Waals surface area contributed by atoms with Crippen LogP contribution in [0.3, 0.4) is 0 Å². The third kappa shape index (κ3) is 4.44. The molecule has 2 amide bonds. The average molecular weight is 202 g/mol. The molecule has 0 bridgehead atoms. The van der Waals surface area contributed by atoms with Crippen LogP contribution in [0.4, 0.5) is 0 Å². The van der Waals surface area contributed by atoms with Crippen molar-refractivity contribution < 1.29 is 19.5 Å². The van der Waals surface area contributed by atoms with Gasteiger partial charge in [0.25, 0.3) is 0 Å². The molecule has 0 spiro atoms. The lowest BCUT2D eigenvalue weighted by Crippen LogP contribution is -2.48. The molecule has 3 N–H and O–H groups in total. The molecule has 0 saturated carbocycles. The van der Waals surface area contributed by atoms with E-state index >= 15 is 0 Å². The van der Waals surface area contributed by atoms with Gasteiger partial charge in [-0.3, -0.25) is 14.4 Å². The first-order chi connectivity index (χ1) is 6.49. The van der Waals surface area contributed by atoms with Crippen molar-refractivity contribution in [3.05, 3.63) is 0 Å². The Morgan fingerprint density at radius 2 is 2.00 bits per heavy atom. The Morgan fingerprint density at radius 3 is 2.36 bits per heavy atom. The van der Waals surface area contributed by atoms with Gasteiger partial charge in [0.15, 0.2) is 0 Å². The normalized spacial score (nSPS) is 11.9. The van der Waals surface area contributed by atoms with Gasteiger partial charge in [0.1, 0.15) is 12.6 Å². The maximum atomic E-state index is 11.3. The molecule has 0 aliphatic carbocycles. The van der Waals surface area contributed by atoms with Crippen molar-refractivity contribution in [2.75, 3.05) is 6.54 Å². The van der Waals surface area contributed by atoms with Crippen molar-refractivity contribution in [1.82, 2.24) is 10.6 Å². The Labute approximate surface area is 81.7 Å². The monoisotopic (exact) mass is 202 g/mol. The molecule has 0 rings (SSSR count). The minimum atomic E-state index is -1.12. The zero-order valence-electron chi connectivity index (χ0n) is 8.11. The maximum Gasteiger partial charge on any atom is 0.322 e. The molecule has 0 saturated heterocycles. The minimum absolute atomic E-state index is 0.0889. The van der Waals surface area contributed by atoms with Crippen molar-refractivity contribution in [3.8, 4) is 0 Å². The Kier molecular flexibility index (Phi) is 5.28. The summed E-state index contributed by atoms with van der Waals surface area (Å²) >= 11 is 0. The van der Waals surface area contributed by atoms with Gasteiger partial charge in [-0.15, -0.1) is 0 Å². The first-order valence-corrected chi connectivity index (χ1v) is 4.18. The topological polar surface area (TPSA) is 95.5 Å². The number of aliphatic carboxylic acids is 1. The fourth-order valence-corrected chi connectivity index (χ4v) is 0.917. The summed E-state index contributed by atoms with van der Waals surface area (Å²) in [5.74, 6) is -1.70. The second kappa shape index (κ2) is 5.95. The Bertz CT molecular complexity index is 227. The van der Waals surface area contributed by atoms with E-state index in [1.165, 1.54) is 0 Å². The highest BCUT2D eigenvalue weighted by atomic mass is 16.4. The summed E-state index contributed by atoms with van der Waals surface area (Å²) in [6.07, 6.45) is 0.422. The highest BCUT2D eigenvalue weighted by Gasteiger charge is 2.21. The standard InChI is InChI=1S/C8H14N2O4/c1-5(2)7(10-4-11)8(14)9-3-6(12)13/h4-5,7H,3H2,1-2H3,(H,9,14)(H,10,11)(H,12,13). The average Bonchev–Trinajstić information content (AvgIpc) is 2.09. The number of carboxylic acid groups (broad SMARTS) is 1. The molecule has 1 unspecified atom stereocenters. The lowest BCUT2D eigenvalue weighted by molar-refractivity contribution is -0.138. The van der Waals surface area contributed by atoms with E-state index in [0.717, 1.165) is 0 Å². The third-order valence-electron chi connectivity index (χ3n) is 1.61. The van der Waals surface area contributed by atoms with Gasteiger partial charge < -0.3 is 15.7 Å². The number of carboxylic acids is 1. The highest BCUT2D eigenvalue weighted by Crippen LogP contribution is 2.00. The zero-order valence-corrected chi connectivity index (χ0v) is 8.11. The molecule has 0 aliphatic rings. The van der Waals surface area contributed by atoms with Gasteiger partial charge in [-0.1, -0.05) is 13.8 Å². The molecule has 0 aliphatic heterocycles. The van der Waals surface area contributed by atoms with Gasteiger partial charge in [0.2, 0.25) is 12.3 Å². The number of amides is 2. The number of nitrogens with one attached hydrogen (secondary N) is 2. The van der Waals surface area contributed by atoms with Crippen molar-refractivity contribution in [1.29, 1.82) is 0 Å². The lowest BCUT2D eigenvalue weighted by Gasteiger charge is -2.18. The summed E-state index contributed by atoms with van der Waals surface area (Å²) in [6, 6.07) is -0.688. The fraction of sp³-hybridized carbons (Fsp3) is 0.625. The smallest absolute Gasteiger partial charge is 0.322 e. The van der Waals surface area contributed by atoms with Crippen LogP contribution >= 0.6 is 0 Å². The summed E-state index contributed by atoms with van der Waals surface area (Å²) in [4.78, 5) is 31.6. The molecule has 14 heavy (non-hydrogen) atoms. The van der Waals surface area contributed by atoms with Crippen LogP contribution in [0, 0.1) is 5.92 Å². The molecule has 6 heteroatoms. The molecular formula is C8H14N2O4. The first-order valence-electron chi connectivity index (χ1n) is 4.18. The number of hydrogen-bond donors (Lipinski definition) is 3. The van der Waals surface area contributed by atoms with E-state index < -0.39 is 24.5 Å². The van der Waals surface area contributed by atoms with Crippen LogP contribution in [0.5, 0.6) is 0 Å². The molecule has 0 aromatic heterocycles. The molecule has 0 aromatic rings. The van der Waals surface area contributed by atoms with Crippen LogP contribution in [-0.2, 0) is 14.4 Å². The minimum Gasteiger partial charge on any atom is -0.480 e. The summed E-state index contributed by atoms with van der Waals surface area (Å²) in [6.45, 7) is 3.06. The summed E-state index contributed by atoms with van der Waals surface area (Å²) in [7, 11) is 0. The molecule has 0 radical (unpaired) electrons. The summed E-state index contributed by atoms with van der Waals surface area (Å²) in [5, 5.41) is 12.8. The Hall–Kier alpha value is -1.59. The van der Waals surface area contributed by atoms with E-state index in [1.54, 1.807) is 13.8 Å². The van der Waals surface area contributed by atoms with Crippen molar-refractivity contribution in [2.24, 2.45) is 5.92 Å². The van der Waals surface area contributed by atoms with Crippen LogP contribution in [0.15, 0.2) is 0 Å². The van der Waals surface area contributed by atoms with Crippen LogP contribution in [0.25, 0.3) is 0 Å². The van der Waals surface area contributed by atoms with Gasteiger partial charge in [-0.25, -0.2) is 0 Å². The van der Waals surface area contributed by atoms with Gasteiger partial charge in [-0.2, -0.15) is 0 Å². The molecule has 6 nitrogen and oxygen atoms in total. The van der Waals surface area contributed by atoms with Gasteiger partial charge in [-0.05, 0) is 5.92 Å². The van der Waals surface area contributed by atoms with Crippen molar-refractivity contribution in [3.63, 3.8) is 0 Å². The predicted octanol–water partition coefficient (Wildman–Crippen LogP) is -1.04. The molecule has 0 fully saturated rings. The molecule has 0 heterocycles. The SMILES string of the molecule is CC(C)C(NC=O)C(=O)NCC(=O)O. The predicted molar refractivity (Wildman–Crippen MR) is 48.5 cm³/mol. The van der Waals surface area contributed by atoms with Crippen LogP contribution in [0.1, 0.15) is 13.8 Å². The van der Waals surface area contributed by atoms with Crippen LogP contribution < -0.4 is 10.6 Å². The highest BCUT2D eigenvalue weighted by molar-refractivity contribution is 5.86. The Balaban J connectivity index is 4.14. The molecule has 0 aromatic carbocycles. The molecular weight excluding hydrogens is 188 g/mol. The fourth-order valence-electron chi connectivity index (χ4n) is 0.917. The second-order valence-electron chi connectivity index (χ2n) is 3.12. The number of carbonyl (C=O) groups excluding carboxylic acids is 2. The molecule has 80 valence electrons. The van der Waals surface area contributed by atoms with E-state index in [-0.39, 0.29) is 5.92 Å². The zero-order chi connectivity index (χ0) is 11.1. The lowest BCUT2D eigenvalue weighted by atomic mass is 10.0. The van der Waals surface area contributed by atoms with Gasteiger partial charge in [0.05, 0.1) is 0 Å². The van der Waals surface area contributed by atoms with E-state index in [4.69, 9.17) is 5.11 Å². The molecule has 1 atom stereocenters. The number of rotatable bonds is 6. The second-order valence-corrected chi connectivity index (χ2v) is 3.12. The summed E-state index contributed by atoms with van der Waals surface area (Å²) < 4.78 is 0. The van der Waals surface area contributed by atoms with E-state index in [0.29, 0.717) is 6.41 Å². The largest absolute Gasteiger partial charge is 0.480 e. The first kappa shape index (κ1) is 12.4. The quantitative estimate of drug-likeness (QED) is 0.479. The van der Waals surface area contributed by atoms with E-state index in [1.807, 2.05) is 0 Å². The van der Waals surface area contributed by atoms with Gasteiger partial charge >= 0.3 is 5.97 Å². The number of carbonyl (C=O) groups is 3. The van der Waals surface area contributed by atoms with Crippen molar-refractivity contribution >= 4 is 18.3 Å². The van der Waals surface area contributed by atoms with Crippen molar-refractivity contribution in [2.45, 2.75) is 19.9 Å². The van der Waals surface area contributed by atoms with E-state index in [9.17, 15) is 14.4 Å². The van der Waals surface area contributed by atoms with Crippen LogP contribution in [-0.4, -0.2) is 36.0 Å². The van der Waals surface area contributed by atoms with Gasteiger partial charge in [0, 0.05) is 0 Å². The number of hydrogen-bond acceptors (Lipinski definition) is 3. The third-order valence-corrected chi connectivity index (χ3v) is 1.61. The maximum absolute atomic E-state index is 11.3. The van der Waals surface area contributed by atoms with Crippen LogP contribution in [0.2, 0.25) is 0 Å². The van der Waals surface area contributed by atoms with E-state index in [2.05, 4.69) is 10.6 Å². The Morgan fingerprint density at radius 1 is 1.43 bits per heavy atom. The summed E-state index contributed by atoms with van der Waals surface area (Å²) in [5.41, 5.74) is 0.